The first-order valence-electron chi connectivity index (χ1n) is 14.4. The van der Waals surface area contributed by atoms with Crippen LogP contribution in [0.5, 0.6) is 0 Å². The van der Waals surface area contributed by atoms with Crippen molar-refractivity contribution in [2.24, 2.45) is 46.8 Å². The highest BCUT2D eigenvalue weighted by Gasteiger charge is 2.66. The minimum atomic E-state index is -3.55. The van der Waals surface area contributed by atoms with Gasteiger partial charge in [0.05, 0.1) is 5.41 Å². The Bertz CT molecular complexity index is 941. The highest BCUT2D eigenvalue weighted by molar-refractivity contribution is 5.81. The maximum atomic E-state index is 13.7. The molecule has 0 saturated heterocycles. The van der Waals surface area contributed by atoms with E-state index in [0.29, 0.717) is 44.4 Å². The minimum Gasteiger partial charge on any atom is -0.456 e. The summed E-state index contributed by atoms with van der Waals surface area (Å²) in [6.45, 7) is 4.12. The molecule has 8 fully saturated rings. The molecule has 0 N–H and O–H groups in total. The molecule has 2 unspecified atom stereocenters. The number of rotatable bonds is 7. The fourth-order valence-electron chi connectivity index (χ4n) is 10.2. The van der Waals surface area contributed by atoms with Crippen LogP contribution in [-0.4, -0.2) is 41.6 Å². The van der Waals surface area contributed by atoms with Gasteiger partial charge in [-0.3, -0.25) is 4.79 Å². The van der Waals surface area contributed by atoms with E-state index in [1.165, 1.54) is 6.42 Å². The Morgan fingerprint density at radius 2 is 1.35 bits per heavy atom. The summed E-state index contributed by atoms with van der Waals surface area (Å²) in [6, 6.07) is 0. The van der Waals surface area contributed by atoms with Gasteiger partial charge in [-0.2, -0.15) is 8.78 Å². The van der Waals surface area contributed by atoms with Gasteiger partial charge >= 0.3 is 23.8 Å². The summed E-state index contributed by atoms with van der Waals surface area (Å²) >= 11 is 0. The third-order valence-electron chi connectivity index (χ3n) is 11.6. The van der Waals surface area contributed by atoms with Crippen LogP contribution >= 0.6 is 0 Å². The number of halogens is 2. The Hall–Kier alpha value is -1.73. The Morgan fingerprint density at radius 3 is 1.86 bits per heavy atom. The van der Waals surface area contributed by atoms with Crippen molar-refractivity contribution in [1.29, 1.82) is 0 Å². The number of hydrogen-bond acceptors (Lipinski definition) is 6. The second-order valence-corrected chi connectivity index (χ2v) is 13.7. The van der Waals surface area contributed by atoms with Crippen molar-refractivity contribution >= 4 is 17.9 Å². The van der Waals surface area contributed by atoms with Crippen molar-refractivity contribution in [3.63, 3.8) is 0 Å². The van der Waals surface area contributed by atoms with E-state index in [1.807, 2.05) is 6.92 Å². The van der Waals surface area contributed by atoms with Crippen molar-refractivity contribution in [3.05, 3.63) is 0 Å². The van der Waals surface area contributed by atoms with Crippen LogP contribution in [0.2, 0.25) is 0 Å². The third kappa shape index (κ3) is 3.93. The third-order valence-corrected chi connectivity index (χ3v) is 11.6. The standard InChI is InChI=1S/C29H40F2O6/c1-4-29(37-24(33)27(3,30)31)21-10-18-11-22(29)14-28(12-18,13-21)25(34)35-15-23(32)36-26(2)19-6-16-5-17(8-19)9-20(26)7-16/h16-22H,4-15H2,1-3H3. The first-order chi connectivity index (χ1) is 17.4. The molecule has 8 heteroatoms. The van der Waals surface area contributed by atoms with E-state index in [1.54, 1.807) is 0 Å². The number of carbonyl (C=O) groups is 3. The molecule has 0 aliphatic heterocycles. The molecule has 206 valence electrons. The smallest absolute Gasteiger partial charge is 0.377 e. The molecular weight excluding hydrogens is 482 g/mol. The van der Waals surface area contributed by atoms with Gasteiger partial charge in [-0.05, 0) is 107 Å². The quantitative estimate of drug-likeness (QED) is 0.326. The zero-order chi connectivity index (χ0) is 26.4. The molecule has 0 heterocycles. The van der Waals surface area contributed by atoms with Crippen LogP contribution < -0.4 is 0 Å². The molecule has 8 saturated carbocycles. The lowest BCUT2D eigenvalue weighted by atomic mass is 9.44. The lowest BCUT2D eigenvalue weighted by molar-refractivity contribution is -0.243. The van der Waals surface area contributed by atoms with Gasteiger partial charge in [-0.1, -0.05) is 6.92 Å². The summed E-state index contributed by atoms with van der Waals surface area (Å²) in [5.74, 6) is -3.65. The average Bonchev–Trinajstić information content (AvgIpc) is 2.82. The van der Waals surface area contributed by atoms with Gasteiger partial charge in [0.1, 0.15) is 11.2 Å². The van der Waals surface area contributed by atoms with Crippen molar-refractivity contribution < 1.29 is 37.4 Å². The summed E-state index contributed by atoms with van der Waals surface area (Å²) in [5.41, 5.74) is -2.18. The van der Waals surface area contributed by atoms with Crippen LogP contribution in [0.3, 0.4) is 0 Å². The average molecular weight is 523 g/mol. The molecule has 0 amide bonds. The van der Waals surface area contributed by atoms with Crippen LogP contribution in [-0.2, 0) is 28.6 Å². The summed E-state index contributed by atoms with van der Waals surface area (Å²) in [4.78, 5) is 38.5. The molecule has 0 aromatic rings. The summed E-state index contributed by atoms with van der Waals surface area (Å²) in [5, 5.41) is 0. The minimum absolute atomic E-state index is 0.165. The zero-order valence-electron chi connectivity index (χ0n) is 22.2. The fourth-order valence-corrected chi connectivity index (χ4v) is 10.2. The maximum absolute atomic E-state index is 13.7. The SMILES string of the molecule is CCC1(OC(=O)C(C)(F)F)C2CC3CC1CC(C(=O)OCC(=O)OC1(C)C4CC5CC(C4)CC1C5)(C3)C2. The van der Waals surface area contributed by atoms with Crippen LogP contribution in [0.4, 0.5) is 8.78 Å². The first-order valence-corrected chi connectivity index (χ1v) is 14.4. The normalized spacial score (nSPS) is 47.1. The summed E-state index contributed by atoms with van der Waals surface area (Å²) < 4.78 is 44.7. The number of esters is 3. The van der Waals surface area contributed by atoms with E-state index < -0.39 is 47.1 Å². The van der Waals surface area contributed by atoms with Gasteiger partial charge in [0.2, 0.25) is 0 Å². The molecule has 0 aromatic carbocycles. The van der Waals surface area contributed by atoms with E-state index in [0.717, 1.165) is 50.4 Å². The summed E-state index contributed by atoms with van der Waals surface area (Å²) in [7, 11) is 0. The van der Waals surface area contributed by atoms with Gasteiger partial charge in [-0.15, -0.1) is 0 Å². The Kier molecular flexibility index (Phi) is 5.79. The first kappa shape index (κ1) is 25.5. The molecule has 0 aromatic heterocycles. The Morgan fingerprint density at radius 1 is 0.811 bits per heavy atom. The highest BCUT2D eigenvalue weighted by Crippen LogP contribution is 2.66. The molecule has 0 radical (unpaired) electrons. The highest BCUT2D eigenvalue weighted by atomic mass is 19.3. The van der Waals surface area contributed by atoms with Crippen LogP contribution in [0.1, 0.15) is 91.4 Å². The predicted molar refractivity (Wildman–Crippen MR) is 128 cm³/mol. The zero-order valence-corrected chi connectivity index (χ0v) is 22.2. The van der Waals surface area contributed by atoms with Crippen molar-refractivity contribution in [1.82, 2.24) is 0 Å². The number of alkyl halides is 2. The van der Waals surface area contributed by atoms with E-state index in [9.17, 15) is 23.2 Å². The number of ether oxygens (including phenoxy) is 3. The molecule has 2 atom stereocenters. The number of hydrogen-bond donors (Lipinski definition) is 0. The molecule has 8 aliphatic rings. The van der Waals surface area contributed by atoms with Gasteiger partial charge in [0.25, 0.3) is 0 Å². The van der Waals surface area contributed by atoms with Crippen LogP contribution in [0.25, 0.3) is 0 Å². The Labute approximate surface area is 217 Å². The van der Waals surface area contributed by atoms with Crippen molar-refractivity contribution in [3.8, 4) is 0 Å². The van der Waals surface area contributed by atoms with Crippen LogP contribution in [0, 0.1) is 46.8 Å². The van der Waals surface area contributed by atoms with Crippen molar-refractivity contribution in [2.75, 3.05) is 6.61 Å². The van der Waals surface area contributed by atoms with E-state index in [-0.39, 0.29) is 17.8 Å². The molecule has 6 nitrogen and oxygen atoms in total. The van der Waals surface area contributed by atoms with Gasteiger partial charge < -0.3 is 14.2 Å². The number of carbonyl (C=O) groups excluding carboxylic acids is 3. The largest absolute Gasteiger partial charge is 0.456 e. The van der Waals surface area contributed by atoms with Crippen molar-refractivity contribution in [2.45, 2.75) is 109 Å². The molecule has 8 bridgehead atoms. The lowest BCUT2D eigenvalue weighted by Gasteiger charge is -2.63. The van der Waals surface area contributed by atoms with E-state index >= 15 is 0 Å². The second kappa shape index (κ2) is 8.38. The fraction of sp³-hybridized carbons (Fsp3) is 0.897. The maximum Gasteiger partial charge on any atom is 0.377 e. The molecule has 8 rings (SSSR count). The van der Waals surface area contributed by atoms with E-state index in [4.69, 9.17) is 14.2 Å². The van der Waals surface area contributed by atoms with Gasteiger partial charge in [-0.25, -0.2) is 9.59 Å². The summed E-state index contributed by atoms with van der Waals surface area (Å²) in [6.07, 6.45) is 9.32. The van der Waals surface area contributed by atoms with Crippen LogP contribution in [0.15, 0.2) is 0 Å². The van der Waals surface area contributed by atoms with Gasteiger partial charge in [0.15, 0.2) is 6.61 Å². The monoisotopic (exact) mass is 522 g/mol. The molecular formula is C29H40F2O6. The molecule has 0 spiro atoms. The van der Waals surface area contributed by atoms with Gasteiger partial charge in [0, 0.05) is 18.8 Å². The van der Waals surface area contributed by atoms with E-state index in [2.05, 4.69) is 6.92 Å². The predicted octanol–water partition coefficient (Wildman–Crippen LogP) is 5.46. The second-order valence-electron chi connectivity index (χ2n) is 13.7. The lowest BCUT2D eigenvalue weighted by Crippen LogP contribution is -2.64. The topological polar surface area (TPSA) is 78.9 Å². The Balaban J connectivity index is 1.10. The molecule has 8 aliphatic carbocycles. The molecule has 37 heavy (non-hydrogen) atoms.